The van der Waals surface area contributed by atoms with Gasteiger partial charge in [0.2, 0.25) is 0 Å². The Bertz CT molecular complexity index is 893. The number of halogens is 1. The molecule has 0 fully saturated rings. The van der Waals surface area contributed by atoms with Crippen LogP contribution in [0.5, 0.6) is 0 Å². The van der Waals surface area contributed by atoms with Gasteiger partial charge in [-0.3, -0.25) is 14.5 Å². The topological polar surface area (TPSA) is 77.0 Å². The number of anilines is 1. The molecule has 0 aliphatic carbocycles. The van der Waals surface area contributed by atoms with E-state index in [9.17, 15) is 9.59 Å². The number of aromatic nitrogens is 1. The standard InChI is InChI=1S/C17H12IN3O2/c1-3-11-7-5-6-8-13(11)17(23)21(4-2)15-14(18)9-12(10-19)20-16(15)22/h3-9H,1-2H2,(H,20,22). The molecule has 0 unspecified atom stereocenters. The molecular weight excluding hydrogens is 405 g/mol. The highest BCUT2D eigenvalue weighted by molar-refractivity contribution is 14.1. The zero-order valence-corrected chi connectivity index (χ0v) is 14.2. The maximum Gasteiger partial charge on any atom is 0.274 e. The van der Waals surface area contributed by atoms with Crippen LogP contribution in [0, 0.1) is 14.9 Å². The summed E-state index contributed by atoms with van der Waals surface area (Å²) in [6, 6.07) is 10.3. The molecule has 6 heteroatoms. The number of amides is 1. The van der Waals surface area contributed by atoms with Crippen LogP contribution in [0.15, 0.2) is 54.5 Å². The maximum atomic E-state index is 12.8. The normalized spacial score (nSPS) is 9.74. The van der Waals surface area contributed by atoms with Gasteiger partial charge in [-0.15, -0.1) is 0 Å². The van der Waals surface area contributed by atoms with Gasteiger partial charge in [0.1, 0.15) is 17.5 Å². The van der Waals surface area contributed by atoms with Gasteiger partial charge in [-0.05, 0) is 40.3 Å². The molecular formula is C17H12IN3O2. The van der Waals surface area contributed by atoms with Crippen molar-refractivity contribution in [3.8, 4) is 6.07 Å². The molecule has 1 heterocycles. The Hall–Kier alpha value is -2.66. The molecule has 1 aromatic carbocycles. The molecule has 5 nitrogen and oxygen atoms in total. The third-order valence-corrected chi connectivity index (χ3v) is 3.96. The Morgan fingerprint density at radius 1 is 1.35 bits per heavy atom. The molecule has 0 spiro atoms. The van der Waals surface area contributed by atoms with Crippen LogP contribution in [0.25, 0.3) is 6.08 Å². The molecule has 0 radical (unpaired) electrons. The van der Waals surface area contributed by atoms with E-state index in [2.05, 4.69) is 18.1 Å². The number of H-pyrrole nitrogens is 1. The number of hydrogen-bond acceptors (Lipinski definition) is 3. The van der Waals surface area contributed by atoms with Gasteiger partial charge in [0, 0.05) is 15.3 Å². The van der Waals surface area contributed by atoms with E-state index in [4.69, 9.17) is 5.26 Å². The SMILES string of the molecule is C=Cc1ccccc1C(=O)N(C=C)c1c(I)cc(C#N)[nH]c1=O. The van der Waals surface area contributed by atoms with Gasteiger partial charge in [-0.2, -0.15) is 5.26 Å². The predicted octanol–water partition coefficient (Wildman–Crippen LogP) is 3.28. The summed E-state index contributed by atoms with van der Waals surface area (Å²) in [7, 11) is 0. The van der Waals surface area contributed by atoms with Crippen molar-refractivity contribution < 1.29 is 4.79 Å². The molecule has 0 saturated heterocycles. The van der Waals surface area contributed by atoms with Gasteiger partial charge in [0.25, 0.3) is 11.5 Å². The zero-order chi connectivity index (χ0) is 17.0. The monoisotopic (exact) mass is 417 g/mol. The molecule has 114 valence electrons. The van der Waals surface area contributed by atoms with Gasteiger partial charge >= 0.3 is 0 Å². The van der Waals surface area contributed by atoms with E-state index in [0.29, 0.717) is 14.7 Å². The molecule has 0 saturated carbocycles. The van der Waals surface area contributed by atoms with Gasteiger partial charge < -0.3 is 4.98 Å². The summed E-state index contributed by atoms with van der Waals surface area (Å²) >= 11 is 1.91. The Morgan fingerprint density at radius 3 is 2.61 bits per heavy atom. The van der Waals surface area contributed by atoms with Crippen LogP contribution in [-0.4, -0.2) is 10.9 Å². The lowest BCUT2D eigenvalue weighted by molar-refractivity contribution is 0.0997. The lowest BCUT2D eigenvalue weighted by atomic mass is 10.1. The second-order valence-electron chi connectivity index (χ2n) is 4.47. The molecule has 1 aromatic heterocycles. The number of nitrogens with one attached hydrogen (secondary N) is 1. The number of aromatic amines is 1. The van der Waals surface area contributed by atoms with Crippen molar-refractivity contribution in [2.75, 3.05) is 4.90 Å². The average molecular weight is 417 g/mol. The summed E-state index contributed by atoms with van der Waals surface area (Å²) < 4.78 is 0.479. The molecule has 23 heavy (non-hydrogen) atoms. The number of nitriles is 1. The minimum Gasteiger partial charge on any atom is -0.312 e. The van der Waals surface area contributed by atoms with Crippen molar-refractivity contribution in [1.29, 1.82) is 5.26 Å². The first-order valence-corrected chi connectivity index (χ1v) is 7.61. The van der Waals surface area contributed by atoms with Crippen LogP contribution in [-0.2, 0) is 0 Å². The molecule has 2 aromatic rings. The Morgan fingerprint density at radius 2 is 2.04 bits per heavy atom. The number of rotatable bonds is 4. The largest absolute Gasteiger partial charge is 0.312 e. The van der Waals surface area contributed by atoms with Crippen molar-refractivity contribution >= 4 is 40.3 Å². The smallest absolute Gasteiger partial charge is 0.274 e. The first-order valence-electron chi connectivity index (χ1n) is 6.54. The van der Waals surface area contributed by atoms with Crippen molar-refractivity contribution in [3.63, 3.8) is 0 Å². The number of nitrogens with zero attached hydrogens (tertiary/aromatic N) is 2. The van der Waals surface area contributed by atoms with E-state index < -0.39 is 11.5 Å². The van der Waals surface area contributed by atoms with Crippen molar-refractivity contribution in [2.24, 2.45) is 0 Å². The lowest BCUT2D eigenvalue weighted by Crippen LogP contribution is -2.32. The second kappa shape index (κ2) is 7.07. The summed E-state index contributed by atoms with van der Waals surface area (Å²) in [6.45, 7) is 7.31. The van der Waals surface area contributed by atoms with Gasteiger partial charge in [0.05, 0.1) is 0 Å². The van der Waals surface area contributed by atoms with E-state index in [-0.39, 0.29) is 11.4 Å². The Balaban J connectivity index is 2.59. The number of hydrogen-bond donors (Lipinski definition) is 1. The van der Waals surface area contributed by atoms with Gasteiger partial charge in [-0.25, -0.2) is 0 Å². The van der Waals surface area contributed by atoms with Crippen LogP contribution < -0.4 is 10.5 Å². The summed E-state index contributed by atoms with van der Waals surface area (Å²) in [6.07, 6.45) is 2.85. The van der Waals surface area contributed by atoms with Crippen LogP contribution >= 0.6 is 22.6 Å². The number of carbonyl (C=O) groups excluding carboxylic acids is 1. The Kier molecular flexibility index (Phi) is 5.13. The van der Waals surface area contributed by atoms with Crippen molar-refractivity contribution in [3.05, 3.63) is 80.4 Å². The molecule has 0 atom stereocenters. The molecule has 1 N–H and O–H groups in total. The minimum absolute atomic E-state index is 0.128. The quantitative estimate of drug-likeness (QED) is 0.776. The third-order valence-electron chi connectivity index (χ3n) is 3.13. The molecule has 0 aliphatic heterocycles. The molecule has 0 bridgehead atoms. The van der Waals surface area contributed by atoms with E-state index in [0.717, 1.165) is 0 Å². The molecule has 2 rings (SSSR count). The van der Waals surface area contributed by atoms with E-state index in [1.165, 1.54) is 17.2 Å². The van der Waals surface area contributed by atoms with E-state index in [1.54, 1.807) is 30.3 Å². The number of benzene rings is 1. The second-order valence-corrected chi connectivity index (χ2v) is 5.63. The summed E-state index contributed by atoms with van der Waals surface area (Å²) in [4.78, 5) is 28.6. The van der Waals surface area contributed by atoms with Crippen molar-refractivity contribution in [2.45, 2.75) is 0 Å². The maximum absolute atomic E-state index is 12.8. The fourth-order valence-electron chi connectivity index (χ4n) is 2.08. The number of carbonyl (C=O) groups is 1. The van der Waals surface area contributed by atoms with Crippen LogP contribution in [0.1, 0.15) is 21.6 Å². The van der Waals surface area contributed by atoms with Crippen LogP contribution in [0.2, 0.25) is 0 Å². The minimum atomic E-state index is -0.530. The summed E-state index contributed by atoms with van der Waals surface area (Å²) in [5.41, 5.74) is 0.791. The number of pyridine rings is 1. The highest BCUT2D eigenvalue weighted by atomic mass is 127. The average Bonchev–Trinajstić information content (AvgIpc) is 2.57. The fourth-order valence-corrected chi connectivity index (χ4v) is 2.90. The summed E-state index contributed by atoms with van der Waals surface area (Å²) in [5, 5.41) is 8.89. The highest BCUT2D eigenvalue weighted by Crippen LogP contribution is 2.22. The molecule has 1 amide bonds. The third kappa shape index (κ3) is 3.24. The first kappa shape index (κ1) is 16.7. The van der Waals surface area contributed by atoms with Crippen LogP contribution in [0.4, 0.5) is 5.69 Å². The Labute approximate surface area is 146 Å². The van der Waals surface area contributed by atoms with E-state index >= 15 is 0 Å². The zero-order valence-electron chi connectivity index (χ0n) is 12.0. The van der Waals surface area contributed by atoms with Crippen LogP contribution in [0.3, 0.4) is 0 Å². The fraction of sp³-hybridized carbons (Fsp3) is 0. The lowest BCUT2D eigenvalue weighted by Gasteiger charge is -2.19. The summed E-state index contributed by atoms with van der Waals surface area (Å²) in [5.74, 6) is -0.399. The van der Waals surface area contributed by atoms with Crippen molar-refractivity contribution in [1.82, 2.24) is 4.98 Å². The molecule has 0 aliphatic rings. The van der Waals surface area contributed by atoms with Gasteiger partial charge in [0.15, 0.2) is 0 Å². The first-order chi connectivity index (χ1) is 11.0. The highest BCUT2D eigenvalue weighted by Gasteiger charge is 2.22. The predicted molar refractivity (Wildman–Crippen MR) is 98.0 cm³/mol. The van der Waals surface area contributed by atoms with E-state index in [1.807, 2.05) is 28.7 Å². The van der Waals surface area contributed by atoms with Gasteiger partial charge in [-0.1, -0.05) is 37.4 Å².